The molecular formula is C15H22O. The summed E-state index contributed by atoms with van der Waals surface area (Å²) in [5, 5.41) is 0. The van der Waals surface area contributed by atoms with Crippen molar-refractivity contribution in [2.45, 2.75) is 46.0 Å². The van der Waals surface area contributed by atoms with Gasteiger partial charge < -0.3 is 0 Å². The molecule has 1 fully saturated rings. The molecule has 2 aliphatic carbocycles. The van der Waals surface area contributed by atoms with Crippen LogP contribution in [0.2, 0.25) is 0 Å². The van der Waals surface area contributed by atoms with E-state index in [2.05, 4.69) is 20.4 Å². The first-order valence-corrected chi connectivity index (χ1v) is 6.46. The number of rotatable bonds is 2. The maximum atomic E-state index is 11.2. The molecule has 1 saturated carbocycles. The molecular weight excluding hydrogens is 196 g/mol. The van der Waals surface area contributed by atoms with Gasteiger partial charge in [0.25, 0.3) is 0 Å². The van der Waals surface area contributed by atoms with Crippen LogP contribution in [0.3, 0.4) is 0 Å². The maximum Gasteiger partial charge on any atom is 0.145 e. The second-order valence-electron chi connectivity index (χ2n) is 5.61. The molecule has 0 heterocycles. The summed E-state index contributed by atoms with van der Waals surface area (Å²) in [4.78, 5) is 11.2. The van der Waals surface area contributed by atoms with Crippen molar-refractivity contribution < 1.29 is 4.79 Å². The zero-order chi connectivity index (χ0) is 11.7. The molecule has 0 radical (unpaired) electrons. The molecule has 0 spiro atoms. The molecule has 16 heavy (non-hydrogen) atoms. The minimum Gasteiger partial charge on any atom is -0.298 e. The average Bonchev–Trinajstić information content (AvgIpc) is 2.51. The molecule has 0 aromatic carbocycles. The second kappa shape index (κ2) is 4.57. The highest BCUT2D eigenvalue weighted by molar-refractivity contribution is 5.75. The van der Waals surface area contributed by atoms with E-state index in [1.165, 1.54) is 24.0 Å². The normalized spacial score (nSPS) is 34.5. The van der Waals surface area contributed by atoms with Crippen molar-refractivity contribution >= 4 is 6.29 Å². The highest BCUT2D eigenvalue weighted by atomic mass is 16.1. The van der Waals surface area contributed by atoms with Crippen LogP contribution in [0.25, 0.3) is 0 Å². The topological polar surface area (TPSA) is 17.1 Å². The van der Waals surface area contributed by atoms with E-state index in [0.717, 1.165) is 37.0 Å². The Labute approximate surface area is 98.6 Å². The van der Waals surface area contributed by atoms with Crippen LogP contribution < -0.4 is 0 Å². The quantitative estimate of drug-likeness (QED) is 0.507. The number of fused-ring (bicyclic) bond motifs is 1. The number of aldehydes is 1. The first-order chi connectivity index (χ1) is 7.63. The zero-order valence-corrected chi connectivity index (χ0v) is 10.5. The van der Waals surface area contributed by atoms with E-state index in [-0.39, 0.29) is 0 Å². The largest absolute Gasteiger partial charge is 0.298 e. The zero-order valence-electron chi connectivity index (χ0n) is 10.5. The third-order valence-electron chi connectivity index (χ3n) is 4.56. The number of carbonyl (C=O) groups is 1. The highest BCUT2D eigenvalue weighted by Crippen LogP contribution is 2.46. The SMILES string of the molecule is C=C(C)C1CCC(C=O)=C2CCC(C)C2C1. The van der Waals surface area contributed by atoms with Crippen LogP contribution in [0.5, 0.6) is 0 Å². The van der Waals surface area contributed by atoms with Gasteiger partial charge >= 0.3 is 0 Å². The first kappa shape index (κ1) is 11.6. The van der Waals surface area contributed by atoms with E-state index in [0.29, 0.717) is 11.8 Å². The van der Waals surface area contributed by atoms with Crippen molar-refractivity contribution in [2.75, 3.05) is 0 Å². The van der Waals surface area contributed by atoms with Crippen molar-refractivity contribution in [3.8, 4) is 0 Å². The lowest BCUT2D eigenvalue weighted by Crippen LogP contribution is -2.11. The third kappa shape index (κ3) is 2.00. The Morgan fingerprint density at radius 1 is 1.38 bits per heavy atom. The molecule has 0 saturated heterocycles. The van der Waals surface area contributed by atoms with Gasteiger partial charge in [-0.1, -0.05) is 24.6 Å². The lowest BCUT2D eigenvalue weighted by atomic mass is 9.83. The van der Waals surface area contributed by atoms with Crippen LogP contribution >= 0.6 is 0 Å². The standard InChI is InChI=1S/C15H22O/c1-10(2)12-5-6-13(9-16)14-7-4-11(3)15(14)8-12/h9,11-12,15H,1,4-8H2,2-3H3. The van der Waals surface area contributed by atoms with Crippen molar-refractivity contribution in [3.63, 3.8) is 0 Å². The molecule has 2 rings (SSSR count). The smallest absolute Gasteiger partial charge is 0.145 e. The van der Waals surface area contributed by atoms with Gasteiger partial charge in [0.1, 0.15) is 6.29 Å². The Morgan fingerprint density at radius 3 is 2.75 bits per heavy atom. The van der Waals surface area contributed by atoms with E-state index in [9.17, 15) is 4.79 Å². The van der Waals surface area contributed by atoms with Gasteiger partial charge in [0.15, 0.2) is 0 Å². The van der Waals surface area contributed by atoms with Crippen LogP contribution in [-0.2, 0) is 4.79 Å². The fourth-order valence-electron chi connectivity index (χ4n) is 3.38. The summed E-state index contributed by atoms with van der Waals surface area (Å²) < 4.78 is 0. The predicted molar refractivity (Wildman–Crippen MR) is 67.1 cm³/mol. The van der Waals surface area contributed by atoms with E-state index in [4.69, 9.17) is 0 Å². The van der Waals surface area contributed by atoms with E-state index < -0.39 is 0 Å². The molecule has 0 aromatic heterocycles. The number of carbonyl (C=O) groups excluding carboxylic acids is 1. The molecule has 0 amide bonds. The molecule has 1 nitrogen and oxygen atoms in total. The molecule has 0 aromatic rings. The Bertz CT molecular complexity index is 337. The van der Waals surface area contributed by atoms with Crippen LogP contribution in [0.15, 0.2) is 23.3 Å². The minimum atomic E-state index is 0.623. The maximum absolute atomic E-state index is 11.2. The van der Waals surface area contributed by atoms with Crippen molar-refractivity contribution in [1.29, 1.82) is 0 Å². The molecule has 3 unspecified atom stereocenters. The summed E-state index contributed by atoms with van der Waals surface area (Å²) >= 11 is 0. The van der Waals surface area contributed by atoms with Crippen LogP contribution in [0.1, 0.15) is 46.0 Å². The lowest BCUT2D eigenvalue weighted by molar-refractivity contribution is -0.105. The van der Waals surface area contributed by atoms with Gasteiger partial charge in [-0.05, 0) is 62.4 Å². The summed E-state index contributed by atoms with van der Waals surface area (Å²) in [6.07, 6.45) is 6.85. The van der Waals surface area contributed by atoms with Crippen LogP contribution in [-0.4, -0.2) is 6.29 Å². The summed E-state index contributed by atoms with van der Waals surface area (Å²) in [6, 6.07) is 0. The van der Waals surface area contributed by atoms with Crippen molar-refractivity contribution in [2.24, 2.45) is 17.8 Å². The van der Waals surface area contributed by atoms with E-state index >= 15 is 0 Å². The number of hydrogen-bond donors (Lipinski definition) is 0. The fourth-order valence-corrected chi connectivity index (χ4v) is 3.38. The summed E-state index contributed by atoms with van der Waals surface area (Å²) in [7, 11) is 0. The molecule has 0 bridgehead atoms. The first-order valence-electron chi connectivity index (χ1n) is 6.46. The minimum absolute atomic E-state index is 0.623. The van der Waals surface area contributed by atoms with Crippen LogP contribution in [0, 0.1) is 17.8 Å². The fraction of sp³-hybridized carbons (Fsp3) is 0.667. The van der Waals surface area contributed by atoms with Gasteiger partial charge in [0.05, 0.1) is 0 Å². The molecule has 0 N–H and O–H groups in total. The Balaban J connectivity index is 2.27. The summed E-state index contributed by atoms with van der Waals surface area (Å²) in [5.41, 5.74) is 3.88. The predicted octanol–water partition coefficient (Wildman–Crippen LogP) is 3.90. The summed E-state index contributed by atoms with van der Waals surface area (Å²) in [6.45, 7) is 8.57. The van der Waals surface area contributed by atoms with Gasteiger partial charge in [-0.3, -0.25) is 4.79 Å². The Morgan fingerprint density at radius 2 is 2.12 bits per heavy atom. The van der Waals surface area contributed by atoms with Gasteiger partial charge in [-0.25, -0.2) is 0 Å². The van der Waals surface area contributed by atoms with Crippen LogP contribution in [0.4, 0.5) is 0 Å². The van der Waals surface area contributed by atoms with E-state index in [1.54, 1.807) is 0 Å². The van der Waals surface area contributed by atoms with E-state index in [1.807, 2.05) is 0 Å². The van der Waals surface area contributed by atoms with Gasteiger partial charge in [0.2, 0.25) is 0 Å². The van der Waals surface area contributed by atoms with Gasteiger partial charge in [-0.15, -0.1) is 0 Å². The number of hydrogen-bond acceptors (Lipinski definition) is 1. The molecule has 2 aliphatic rings. The Hall–Kier alpha value is -0.850. The lowest BCUT2D eigenvalue weighted by Gasteiger charge is -2.22. The van der Waals surface area contributed by atoms with Crippen molar-refractivity contribution in [1.82, 2.24) is 0 Å². The molecule has 1 heteroatoms. The molecule has 88 valence electrons. The second-order valence-corrected chi connectivity index (χ2v) is 5.61. The average molecular weight is 218 g/mol. The third-order valence-corrected chi connectivity index (χ3v) is 4.56. The Kier molecular flexibility index (Phi) is 3.32. The van der Waals surface area contributed by atoms with Gasteiger partial charge in [0, 0.05) is 0 Å². The molecule has 0 aliphatic heterocycles. The monoisotopic (exact) mass is 218 g/mol. The number of allylic oxidation sites excluding steroid dienone is 3. The van der Waals surface area contributed by atoms with Crippen molar-refractivity contribution in [3.05, 3.63) is 23.3 Å². The summed E-state index contributed by atoms with van der Waals surface area (Å²) in [5.74, 6) is 2.03. The highest BCUT2D eigenvalue weighted by Gasteiger charge is 2.34. The molecule has 3 atom stereocenters. The van der Waals surface area contributed by atoms with Gasteiger partial charge in [-0.2, -0.15) is 0 Å².